The van der Waals surface area contributed by atoms with Crippen molar-refractivity contribution in [1.29, 1.82) is 0 Å². The number of hydrogen-bond donors (Lipinski definition) is 2. The number of ether oxygens (including phenoxy) is 1. The minimum atomic E-state index is 0. The van der Waals surface area contributed by atoms with Gasteiger partial charge in [0.2, 0.25) is 0 Å². The molecule has 0 saturated heterocycles. The van der Waals surface area contributed by atoms with Gasteiger partial charge in [-0.3, -0.25) is 0 Å². The number of aromatic nitrogens is 3. The summed E-state index contributed by atoms with van der Waals surface area (Å²) < 4.78 is 7.07. The second-order valence-corrected chi connectivity index (χ2v) is 5.30. The van der Waals surface area contributed by atoms with E-state index in [0.29, 0.717) is 6.54 Å². The summed E-state index contributed by atoms with van der Waals surface area (Å²) in [6, 6.07) is 0. The molecule has 0 unspecified atom stereocenters. The molecule has 2 N–H and O–H groups in total. The molecular weight excluding hydrogens is 421 g/mol. The Bertz CT molecular complexity index is 453. The van der Waals surface area contributed by atoms with Crippen molar-refractivity contribution in [3.05, 3.63) is 12.2 Å². The molecule has 0 aromatic carbocycles. The van der Waals surface area contributed by atoms with Crippen LogP contribution in [0.1, 0.15) is 26.1 Å². The number of guanidine groups is 1. The Morgan fingerprint density at radius 1 is 1.33 bits per heavy atom. The Kier molecular flexibility index (Phi) is 13.8. The zero-order valence-corrected chi connectivity index (χ0v) is 17.6. The molecule has 0 atom stereocenters. The fraction of sp³-hybridized carbons (Fsp3) is 0.800. The van der Waals surface area contributed by atoms with Gasteiger partial charge in [-0.15, -0.1) is 34.2 Å². The van der Waals surface area contributed by atoms with Crippen LogP contribution >= 0.6 is 24.0 Å². The highest BCUT2D eigenvalue weighted by Gasteiger charge is 2.03. The van der Waals surface area contributed by atoms with Gasteiger partial charge < -0.3 is 24.8 Å². The minimum Gasteiger partial charge on any atom is -0.385 e. The average Bonchev–Trinajstić information content (AvgIpc) is 3.00. The number of nitrogens with zero attached hydrogens (tertiary/aromatic N) is 5. The zero-order chi connectivity index (χ0) is 16.9. The number of nitrogens with one attached hydrogen (secondary N) is 2. The summed E-state index contributed by atoms with van der Waals surface area (Å²) in [6.07, 6.45) is 2.79. The molecule has 0 fully saturated rings. The molecular formula is C15H32IN7O. The summed E-state index contributed by atoms with van der Waals surface area (Å²) in [5.74, 6) is 1.69. The largest absolute Gasteiger partial charge is 0.385 e. The van der Waals surface area contributed by atoms with Crippen LogP contribution in [0, 0.1) is 0 Å². The lowest BCUT2D eigenvalue weighted by molar-refractivity contribution is 0.180. The number of likely N-dealkylation sites (N-methyl/N-ethyl adjacent to an activating group) is 1. The molecule has 1 aromatic rings. The maximum absolute atomic E-state index is 5.07. The Morgan fingerprint density at radius 2 is 2.12 bits per heavy atom. The van der Waals surface area contributed by atoms with Crippen molar-refractivity contribution in [3.8, 4) is 0 Å². The first-order valence-corrected chi connectivity index (χ1v) is 8.27. The maximum Gasteiger partial charge on any atom is 0.191 e. The van der Waals surface area contributed by atoms with Crippen molar-refractivity contribution in [2.75, 3.05) is 46.9 Å². The number of rotatable bonds is 11. The fourth-order valence-corrected chi connectivity index (χ4v) is 2.11. The van der Waals surface area contributed by atoms with E-state index in [0.717, 1.165) is 57.5 Å². The Morgan fingerprint density at radius 3 is 2.79 bits per heavy atom. The molecule has 1 heterocycles. The van der Waals surface area contributed by atoms with Crippen LogP contribution in [0.5, 0.6) is 0 Å². The van der Waals surface area contributed by atoms with Crippen molar-refractivity contribution in [3.63, 3.8) is 0 Å². The summed E-state index contributed by atoms with van der Waals surface area (Å²) in [5, 5.41) is 14.6. The van der Waals surface area contributed by atoms with E-state index in [1.54, 1.807) is 13.4 Å². The van der Waals surface area contributed by atoms with Gasteiger partial charge in [0, 0.05) is 46.4 Å². The van der Waals surface area contributed by atoms with Gasteiger partial charge in [-0.25, -0.2) is 4.99 Å². The standard InChI is InChI=1S/C15H31N7O.HI/c1-5-16-15(17-8-10-21(3)9-7-11-23-4)18-12-14-20-19-13-22(14)6-2;/h13H,5-12H2,1-4H3,(H2,16,17,18);1H. The van der Waals surface area contributed by atoms with E-state index in [4.69, 9.17) is 4.74 Å². The first-order chi connectivity index (χ1) is 11.2. The summed E-state index contributed by atoms with van der Waals surface area (Å²) >= 11 is 0. The first-order valence-electron chi connectivity index (χ1n) is 8.27. The second-order valence-electron chi connectivity index (χ2n) is 5.30. The highest BCUT2D eigenvalue weighted by Crippen LogP contribution is 1.96. The van der Waals surface area contributed by atoms with Crippen LogP contribution in [-0.4, -0.2) is 72.6 Å². The second kappa shape index (κ2) is 14.4. The van der Waals surface area contributed by atoms with Crippen molar-refractivity contribution in [2.45, 2.75) is 33.4 Å². The number of aliphatic imine (C=N–C) groups is 1. The van der Waals surface area contributed by atoms with Crippen LogP contribution in [0.2, 0.25) is 0 Å². The lowest BCUT2D eigenvalue weighted by Crippen LogP contribution is -2.41. The van der Waals surface area contributed by atoms with Gasteiger partial charge in [0.1, 0.15) is 12.9 Å². The van der Waals surface area contributed by atoms with E-state index >= 15 is 0 Å². The highest BCUT2D eigenvalue weighted by atomic mass is 127. The summed E-state index contributed by atoms with van der Waals surface area (Å²) in [5.41, 5.74) is 0. The van der Waals surface area contributed by atoms with Crippen LogP contribution in [0.25, 0.3) is 0 Å². The Hall–Kier alpha value is -0.940. The van der Waals surface area contributed by atoms with E-state index in [-0.39, 0.29) is 24.0 Å². The SMILES string of the molecule is CCNC(=NCc1nncn1CC)NCCN(C)CCCOC.I. The zero-order valence-electron chi connectivity index (χ0n) is 15.3. The van der Waals surface area contributed by atoms with E-state index in [1.165, 1.54) is 0 Å². The van der Waals surface area contributed by atoms with Gasteiger partial charge in [-0.2, -0.15) is 0 Å². The van der Waals surface area contributed by atoms with Gasteiger partial charge in [0.05, 0.1) is 0 Å². The quantitative estimate of drug-likeness (QED) is 0.225. The van der Waals surface area contributed by atoms with E-state index in [2.05, 4.69) is 51.6 Å². The third kappa shape index (κ3) is 9.38. The molecule has 0 spiro atoms. The monoisotopic (exact) mass is 453 g/mol. The van der Waals surface area contributed by atoms with Gasteiger partial charge in [-0.1, -0.05) is 0 Å². The summed E-state index contributed by atoms with van der Waals surface area (Å²) in [7, 11) is 3.85. The first kappa shape index (κ1) is 23.1. The molecule has 0 aliphatic rings. The van der Waals surface area contributed by atoms with Gasteiger partial charge in [-0.05, 0) is 27.3 Å². The Balaban J connectivity index is 0.00000529. The van der Waals surface area contributed by atoms with Crippen LogP contribution in [0.3, 0.4) is 0 Å². The molecule has 1 rings (SSSR count). The third-order valence-electron chi connectivity index (χ3n) is 3.43. The molecule has 0 aliphatic heterocycles. The topological polar surface area (TPSA) is 79.6 Å². The molecule has 140 valence electrons. The number of hydrogen-bond acceptors (Lipinski definition) is 5. The van der Waals surface area contributed by atoms with Crippen LogP contribution < -0.4 is 10.6 Å². The highest BCUT2D eigenvalue weighted by molar-refractivity contribution is 14.0. The van der Waals surface area contributed by atoms with Gasteiger partial charge in [0.15, 0.2) is 11.8 Å². The van der Waals surface area contributed by atoms with E-state index < -0.39 is 0 Å². The molecule has 1 aromatic heterocycles. The van der Waals surface area contributed by atoms with Crippen LogP contribution in [0.4, 0.5) is 0 Å². The minimum absolute atomic E-state index is 0. The molecule has 8 nitrogen and oxygen atoms in total. The number of methoxy groups -OCH3 is 1. The molecule has 0 saturated carbocycles. The van der Waals surface area contributed by atoms with Crippen LogP contribution in [0.15, 0.2) is 11.3 Å². The predicted octanol–water partition coefficient (Wildman–Crippen LogP) is 0.939. The predicted molar refractivity (Wildman–Crippen MR) is 108 cm³/mol. The smallest absolute Gasteiger partial charge is 0.191 e. The molecule has 9 heteroatoms. The number of aryl methyl sites for hydroxylation is 1. The molecule has 0 bridgehead atoms. The van der Waals surface area contributed by atoms with Crippen molar-refractivity contribution >= 4 is 29.9 Å². The molecule has 0 aliphatic carbocycles. The molecule has 0 radical (unpaired) electrons. The van der Waals surface area contributed by atoms with Crippen molar-refractivity contribution in [1.82, 2.24) is 30.3 Å². The maximum atomic E-state index is 5.07. The molecule has 24 heavy (non-hydrogen) atoms. The molecule has 0 amide bonds. The van der Waals surface area contributed by atoms with Gasteiger partial charge >= 0.3 is 0 Å². The van der Waals surface area contributed by atoms with Crippen molar-refractivity contribution < 1.29 is 4.74 Å². The summed E-state index contributed by atoms with van der Waals surface area (Å²) in [6.45, 7) is 9.97. The normalized spacial score (nSPS) is 11.5. The average molecular weight is 453 g/mol. The van der Waals surface area contributed by atoms with Crippen molar-refractivity contribution in [2.24, 2.45) is 4.99 Å². The number of halogens is 1. The lowest BCUT2D eigenvalue weighted by Gasteiger charge is -2.18. The summed E-state index contributed by atoms with van der Waals surface area (Å²) in [4.78, 5) is 6.85. The Labute approximate surface area is 162 Å². The fourth-order valence-electron chi connectivity index (χ4n) is 2.11. The third-order valence-corrected chi connectivity index (χ3v) is 3.43. The van der Waals surface area contributed by atoms with Gasteiger partial charge in [0.25, 0.3) is 0 Å². The van der Waals surface area contributed by atoms with E-state index in [1.807, 2.05) is 4.57 Å². The van der Waals surface area contributed by atoms with E-state index in [9.17, 15) is 0 Å². The van der Waals surface area contributed by atoms with Crippen LogP contribution in [-0.2, 0) is 17.8 Å². The lowest BCUT2D eigenvalue weighted by atomic mass is 10.4.